The number of nitrogens with zero attached hydrogens (tertiary/aromatic N) is 2. The maximum Gasteiger partial charge on any atom is 0.205 e. The molecular weight excluding hydrogens is 264 g/mol. The van der Waals surface area contributed by atoms with Crippen LogP contribution in [0.15, 0.2) is 48.1 Å². The van der Waals surface area contributed by atoms with E-state index in [1.165, 1.54) is 0 Å². The second-order valence-corrected chi connectivity index (χ2v) is 5.02. The van der Waals surface area contributed by atoms with Gasteiger partial charge in [0, 0.05) is 29.7 Å². The van der Waals surface area contributed by atoms with E-state index in [0.717, 1.165) is 16.7 Å². The highest BCUT2D eigenvalue weighted by atomic mass is 16.5. The van der Waals surface area contributed by atoms with E-state index in [2.05, 4.69) is 11.1 Å². The van der Waals surface area contributed by atoms with Crippen molar-refractivity contribution in [1.29, 1.82) is 5.26 Å². The molecule has 0 saturated carbocycles. The Morgan fingerprint density at radius 2 is 2.05 bits per heavy atom. The van der Waals surface area contributed by atoms with Gasteiger partial charge in [-0.15, -0.1) is 0 Å². The van der Waals surface area contributed by atoms with E-state index < -0.39 is 0 Å². The van der Waals surface area contributed by atoms with Gasteiger partial charge >= 0.3 is 0 Å². The lowest BCUT2D eigenvalue weighted by molar-refractivity contribution is 0.394. The predicted octanol–water partition coefficient (Wildman–Crippen LogP) is 2.19. The summed E-state index contributed by atoms with van der Waals surface area (Å²) >= 11 is 0. The molecule has 2 heterocycles. The Bertz CT molecular complexity index is 789. The molecule has 0 spiro atoms. The minimum absolute atomic E-state index is 0.113. The lowest BCUT2D eigenvalue weighted by atomic mass is 9.84. The highest BCUT2D eigenvalue weighted by molar-refractivity contribution is 5.59. The number of fused-ring (bicyclic) bond motifs is 1. The number of benzene rings is 1. The molecule has 104 valence electrons. The van der Waals surface area contributed by atoms with Crippen LogP contribution in [0.5, 0.6) is 5.75 Å². The van der Waals surface area contributed by atoms with E-state index in [1.807, 2.05) is 19.1 Å². The van der Waals surface area contributed by atoms with E-state index >= 15 is 0 Å². The largest absolute Gasteiger partial charge is 0.440 e. The molecule has 4 N–H and O–H groups in total. The lowest BCUT2D eigenvalue weighted by Crippen LogP contribution is -2.21. The van der Waals surface area contributed by atoms with Gasteiger partial charge < -0.3 is 16.2 Å². The molecule has 0 radical (unpaired) electrons. The first-order valence-electron chi connectivity index (χ1n) is 6.48. The second kappa shape index (κ2) is 4.84. The first-order valence-corrected chi connectivity index (χ1v) is 6.48. The van der Waals surface area contributed by atoms with E-state index in [-0.39, 0.29) is 11.8 Å². The van der Waals surface area contributed by atoms with Gasteiger partial charge in [-0.2, -0.15) is 5.26 Å². The number of allylic oxidation sites excluding steroid dienone is 1. The number of aryl methyl sites for hydroxylation is 1. The molecule has 1 unspecified atom stereocenters. The number of hydrogen-bond donors (Lipinski definition) is 2. The average molecular weight is 278 g/mol. The maximum absolute atomic E-state index is 9.43. The number of hydrogen-bond acceptors (Lipinski definition) is 5. The summed E-state index contributed by atoms with van der Waals surface area (Å²) in [5.74, 6) is 0.409. The maximum atomic E-state index is 9.43. The van der Waals surface area contributed by atoms with Crippen molar-refractivity contribution < 1.29 is 4.74 Å². The molecule has 0 bridgehead atoms. The zero-order valence-electron chi connectivity index (χ0n) is 11.5. The number of aromatic nitrogens is 1. The molecule has 2 aromatic rings. The highest BCUT2D eigenvalue weighted by Crippen LogP contribution is 2.42. The molecular formula is C16H14N4O. The molecule has 1 aliphatic heterocycles. The zero-order chi connectivity index (χ0) is 15.0. The molecule has 0 aliphatic carbocycles. The van der Waals surface area contributed by atoms with Crippen LogP contribution in [-0.4, -0.2) is 4.98 Å². The predicted molar refractivity (Wildman–Crippen MR) is 79.1 cm³/mol. The van der Waals surface area contributed by atoms with Gasteiger partial charge in [0.05, 0.1) is 5.92 Å². The lowest BCUT2D eigenvalue weighted by Gasteiger charge is -2.26. The number of pyridine rings is 1. The summed E-state index contributed by atoms with van der Waals surface area (Å²) in [6, 6.07) is 9.51. The molecule has 1 aromatic carbocycles. The fraction of sp³-hybridized carbons (Fsp3) is 0.125. The third kappa shape index (κ3) is 2.17. The summed E-state index contributed by atoms with van der Waals surface area (Å²) in [4.78, 5) is 4.21. The molecule has 3 rings (SSSR count). The zero-order valence-corrected chi connectivity index (χ0v) is 11.5. The summed E-state index contributed by atoms with van der Waals surface area (Å²) in [6.45, 7) is 1.96. The van der Waals surface area contributed by atoms with Crippen molar-refractivity contribution in [3.05, 3.63) is 64.8 Å². The number of nitriles is 1. The van der Waals surface area contributed by atoms with E-state index in [4.69, 9.17) is 16.2 Å². The number of rotatable bonds is 1. The van der Waals surface area contributed by atoms with Gasteiger partial charge in [-0.25, -0.2) is 0 Å². The smallest absolute Gasteiger partial charge is 0.205 e. The van der Waals surface area contributed by atoms with Crippen LogP contribution in [0.2, 0.25) is 0 Å². The van der Waals surface area contributed by atoms with Crippen molar-refractivity contribution in [2.24, 2.45) is 5.73 Å². The summed E-state index contributed by atoms with van der Waals surface area (Å²) in [5, 5.41) is 9.43. The molecule has 1 atom stereocenters. The standard InChI is InChI=1S/C16H14N4O/c1-9-4-10(8-20-7-9)15-12-3-2-11(18)5-14(12)21-16(19)13(15)6-17/h2-5,7-8,15H,18-19H2,1H3. The van der Waals surface area contributed by atoms with Gasteiger partial charge in [-0.1, -0.05) is 12.1 Å². The Labute approximate surface area is 122 Å². The van der Waals surface area contributed by atoms with E-state index in [0.29, 0.717) is 17.0 Å². The second-order valence-electron chi connectivity index (χ2n) is 5.02. The molecule has 0 fully saturated rings. The Morgan fingerprint density at radius 1 is 1.24 bits per heavy atom. The van der Waals surface area contributed by atoms with Crippen molar-refractivity contribution in [2.75, 3.05) is 5.73 Å². The van der Waals surface area contributed by atoms with Crippen LogP contribution >= 0.6 is 0 Å². The Hall–Kier alpha value is -3.00. The van der Waals surface area contributed by atoms with Crippen molar-refractivity contribution in [1.82, 2.24) is 4.98 Å². The van der Waals surface area contributed by atoms with Crippen LogP contribution in [0.1, 0.15) is 22.6 Å². The molecule has 5 heteroatoms. The SMILES string of the molecule is Cc1cncc(C2C(C#N)=C(N)Oc3cc(N)ccc32)c1. The first kappa shape index (κ1) is 13.0. The molecule has 0 amide bonds. The van der Waals surface area contributed by atoms with Gasteiger partial charge in [0.1, 0.15) is 17.4 Å². The van der Waals surface area contributed by atoms with E-state index in [1.54, 1.807) is 24.5 Å². The normalized spacial score (nSPS) is 16.9. The van der Waals surface area contributed by atoms with Gasteiger partial charge in [-0.3, -0.25) is 4.98 Å². The topological polar surface area (TPSA) is 98.0 Å². The van der Waals surface area contributed by atoms with E-state index in [9.17, 15) is 5.26 Å². The summed E-state index contributed by atoms with van der Waals surface area (Å²) in [7, 11) is 0. The summed E-state index contributed by atoms with van der Waals surface area (Å²) in [5.41, 5.74) is 15.4. The number of nitrogen functional groups attached to an aromatic ring is 1. The Balaban J connectivity index is 2.24. The van der Waals surface area contributed by atoms with Crippen LogP contribution in [0.4, 0.5) is 5.69 Å². The van der Waals surface area contributed by atoms with Gasteiger partial charge in [0.2, 0.25) is 5.88 Å². The molecule has 5 nitrogen and oxygen atoms in total. The molecule has 1 aliphatic rings. The highest BCUT2D eigenvalue weighted by Gasteiger charge is 2.30. The third-order valence-electron chi connectivity index (χ3n) is 3.47. The fourth-order valence-corrected chi connectivity index (χ4v) is 2.55. The van der Waals surface area contributed by atoms with Crippen molar-refractivity contribution in [3.63, 3.8) is 0 Å². The number of nitrogens with two attached hydrogens (primary N) is 2. The minimum Gasteiger partial charge on any atom is -0.440 e. The molecule has 1 aromatic heterocycles. The van der Waals surface area contributed by atoms with Crippen LogP contribution in [0, 0.1) is 18.3 Å². The third-order valence-corrected chi connectivity index (χ3v) is 3.47. The molecule has 21 heavy (non-hydrogen) atoms. The summed E-state index contributed by atoms with van der Waals surface area (Å²) in [6.07, 6.45) is 3.51. The van der Waals surface area contributed by atoms with Gasteiger partial charge in [0.15, 0.2) is 0 Å². The monoisotopic (exact) mass is 278 g/mol. The minimum atomic E-state index is -0.285. The van der Waals surface area contributed by atoms with Crippen molar-refractivity contribution in [3.8, 4) is 11.8 Å². The first-order chi connectivity index (χ1) is 10.1. The number of anilines is 1. The fourth-order valence-electron chi connectivity index (χ4n) is 2.55. The van der Waals surface area contributed by atoms with Crippen molar-refractivity contribution >= 4 is 5.69 Å². The average Bonchev–Trinajstić information content (AvgIpc) is 2.45. The molecule has 0 saturated heterocycles. The quantitative estimate of drug-likeness (QED) is 0.779. The Morgan fingerprint density at radius 3 is 2.76 bits per heavy atom. The van der Waals surface area contributed by atoms with Crippen LogP contribution in [-0.2, 0) is 0 Å². The Kier molecular flexibility index (Phi) is 2.99. The van der Waals surface area contributed by atoms with Gasteiger partial charge in [-0.05, 0) is 24.1 Å². The van der Waals surface area contributed by atoms with Crippen LogP contribution in [0.25, 0.3) is 0 Å². The summed E-state index contributed by atoms with van der Waals surface area (Å²) < 4.78 is 5.53. The number of ether oxygens (including phenoxy) is 1. The van der Waals surface area contributed by atoms with Gasteiger partial charge in [0.25, 0.3) is 0 Å². The van der Waals surface area contributed by atoms with Crippen molar-refractivity contribution in [2.45, 2.75) is 12.8 Å². The van der Waals surface area contributed by atoms with Crippen LogP contribution < -0.4 is 16.2 Å². The van der Waals surface area contributed by atoms with Crippen LogP contribution in [0.3, 0.4) is 0 Å².